The third-order valence-corrected chi connectivity index (χ3v) is 2.83. The minimum Gasteiger partial charge on any atom is -0.298 e. The van der Waals surface area contributed by atoms with Gasteiger partial charge in [-0.1, -0.05) is 23.9 Å². The summed E-state index contributed by atoms with van der Waals surface area (Å²) in [7, 11) is 0. The molecule has 0 amide bonds. The van der Waals surface area contributed by atoms with E-state index in [9.17, 15) is 19.7 Å². The molecule has 18 heavy (non-hydrogen) atoms. The summed E-state index contributed by atoms with van der Waals surface area (Å²) in [4.78, 5) is 31.4. The summed E-state index contributed by atoms with van der Waals surface area (Å²) < 4.78 is 0. The Morgan fingerprint density at radius 2 is 2.22 bits per heavy atom. The largest absolute Gasteiger partial charge is 0.298 e. The summed E-state index contributed by atoms with van der Waals surface area (Å²) in [6, 6.07) is 4.29. The zero-order valence-electron chi connectivity index (χ0n) is 9.66. The monoisotopic (exact) mass is 265 g/mol. The molecule has 6 heteroatoms. The Kier molecular flexibility index (Phi) is 5.26. The van der Waals surface area contributed by atoms with E-state index in [-0.39, 0.29) is 16.4 Å². The molecule has 0 aliphatic rings. The third kappa shape index (κ3) is 4.14. The Morgan fingerprint density at radius 1 is 1.50 bits per heavy atom. The predicted molar refractivity (Wildman–Crippen MR) is 70.7 cm³/mol. The molecule has 0 aliphatic carbocycles. The Bertz CT molecular complexity index is 511. The first-order chi connectivity index (χ1) is 8.54. The number of rotatable bonds is 5. The summed E-state index contributed by atoms with van der Waals surface area (Å²) in [6.45, 7) is 1.48. The molecule has 0 aliphatic heterocycles. The standard InChI is InChI=1S/C12H11NO4S/c1-9(15)18-6-2-3-10-4-5-12(13(16)17)11(7-10)8-14/h2-5,7-8H,6H2,1H3. The van der Waals surface area contributed by atoms with E-state index in [0.717, 1.165) is 0 Å². The van der Waals surface area contributed by atoms with Crippen LogP contribution in [0.15, 0.2) is 24.3 Å². The number of thioether (sulfide) groups is 1. The van der Waals surface area contributed by atoms with Gasteiger partial charge in [0.1, 0.15) is 0 Å². The minimum atomic E-state index is -0.594. The molecule has 0 heterocycles. The van der Waals surface area contributed by atoms with Crippen LogP contribution in [0.3, 0.4) is 0 Å². The van der Waals surface area contributed by atoms with Crippen molar-refractivity contribution in [1.82, 2.24) is 0 Å². The second-order valence-electron chi connectivity index (χ2n) is 3.40. The Hall–Kier alpha value is -1.95. The molecule has 0 radical (unpaired) electrons. The fraction of sp³-hybridized carbons (Fsp3) is 0.167. The summed E-state index contributed by atoms with van der Waals surface area (Å²) in [5.74, 6) is 0.530. The molecule has 94 valence electrons. The van der Waals surface area contributed by atoms with E-state index >= 15 is 0 Å². The number of hydrogen-bond donors (Lipinski definition) is 0. The van der Waals surface area contributed by atoms with Crippen molar-refractivity contribution in [2.24, 2.45) is 0 Å². The van der Waals surface area contributed by atoms with Gasteiger partial charge in [-0.3, -0.25) is 19.7 Å². The average molecular weight is 265 g/mol. The summed E-state index contributed by atoms with van der Waals surface area (Å²) in [6.07, 6.45) is 3.94. The molecule has 0 saturated carbocycles. The van der Waals surface area contributed by atoms with Crippen LogP contribution < -0.4 is 0 Å². The van der Waals surface area contributed by atoms with Crippen molar-refractivity contribution in [2.45, 2.75) is 6.92 Å². The molecular weight excluding hydrogens is 254 g/mol. The summed E-state index contributed by atoms with van der Waals surface area (Å²) >= 11 is 1.17. The van der Waals surface area contributed by atoms with E-state index in [1.807, 2.05) is 0 Å². The van der Waals surface area contributed by atoms with E-state index in [0.29, 0.717) is 17.6 Å². The summed E-state index contributed by atoms with van der Waals surface area (Å²) in [5, 5.41) is 10.6. The average Bonchev–Trinajstić information content (AvgIpc) is 2.33. The molecule has 0 aromatic heterocycles. The van der Waals surface area contributed by atoms with Crippen LogP contribution in [0.1, 0.15) is 22.8 Å². The van der Waals surface area contributed by atoms with Crippen molar-refractivity contribution >= 4 is 34.9 Å². The van der Waals surface area contributed by atoms with Crippen molar-refractivity contribution < 1.29 is 14.5 Å². The maximum absolute atomic E-state index is 10.7. The van der Waals surface area contributed by atoms with Crippen molar-refractivity contribution in [2.75, 3.05) is 5.75 Å². The van der Waals surface area contributed by atoms with Crippen molar-refractivity contribution in [3.8, 4) is 0 Å². The quantitative estimate of drug-likeness (QED) is 0.464. The predicted octanol–water partition coefficient (Wildman–Crippen LogP) is 2.70. The van der Waals surface area contributed by atoms with E-state index in [1.165, 1.54) is 30.8 Å². The van der Waals surface area contributed by atoms with Crippen molar-refractivity contribution in [1.29, 1.82) is 0 Å². The van der Waals surface area contributed by atoms with Gasteiger partial charge in [0, 0.05) is 18.7 Å². The maximum atomic E-state index is 10.7. The lowest BCUT2D eigenvalue weighted by atomic mass is 10.1. The van der Waals surface area contributed by atoms with Gasteiger partial charge in [0.15, 0.2) is 11.4 Å². The second kappa shape index (κ2) is 6.70. The molecule has 0 spiro atoms. The maximum Gasteiger partial charge on any atom is 0.279 e. The zero-order chi connectivity index (χ0) is 13.5. The lowest BCUT2D eigenvalue weighted by molar-refractivity contribution is -0.385. The van der Waals surface area contributed by atoms with Crippen LogP contribution in [0.2, 0.25) is 0 Å². The number of hydrogen-bond acceptors (Lipinski definition) is 5. The van der Waals surface area contributed by atoms with Crippen LogP contribution in [-0.2, 0) is 4.79 Å². The van der Waals surface area contributed by atoms with Crippen LogP contribution in [0.5, 0.6) is 0 Å². The number of nitro benzene ring substituents is 1. The highest BCUT2D eigenvalue weighted by molar-refractivity contribution is 8.13. The van der Waals surface area contributed by atoms with Gasteiger partial charge < -0.3 is 0 Å². The van der Waals surface area contributed by atoms with Gasteiger partial charge in [-0.2, -0.15) is 0 Å². The van der Waals surface area contributed by atoms with Crippen LogP contribution in [0, 0.1) is 10.1 Å². The Morgan fingerprint density at radius 3 is 2.78 bits per heavy atom. The van der Waals surface area contributed by atoms with Gasteiger partial charge in [-0.05, 0) is 17.7 Å². The number of nitro groups is 1. The first-order valence-corrected chi connectivity index (χ1v) is 6.06. The van der Waals surface area contributed by atoms with E-state index in [2.05, 4.69) is 0 Å². The molecule has 1 aromatic carbocycles. The number of carbonyl (C=O) groups is 2. The number of benzene rings is 1. The van der Waals surface area contributed by atoms with Crippen LogP contribution >= 0.6 is 11.8 Å². The SMILES string of the molecule is CC(=O)SCC=Cc1ccc([N+](=O)[O-])c(C=O)c1. The van der Waals surface area contributed by atoms with Crippen LogP contribution in [-0.4, -0.2) is 22.1 Å². The second-order valence-corrected chi connectivity index (χ2v) is 4.60. The topological polar surface area (TPSA) is 77.3 Å². The minimum absolute atomic E-state index is 0.0249. The highest BCUT2D eigenvalue weighted by atomic mass is 32.2. The van der Waals surface area contributed by atoms with Gasteiger partial charge >= 0.3 is 0 Å². The van der Waals surface area contributed by atoms with Gasteiger partial charge in [0.2, 0.25) is 0 Å². The fourth-order valence-electron chi connectivity index (χ4n) is 1.29. The van der Waals surface area contributed by atoms with E-state index in [1.54, 1.807) is 18.2 Å². The lowest BCUT2D eigenvalue weighted by Gasteiger charge is -1.98. The molecule has 0 fully saturated rings. The van der Waals surface area contributed by atoms with Gasteiger partial charge in [0.25, 0.3) is 5.69 Å². The van der Waals surface area contributed by atoms with Crippen LogP contribution in [0.4, 0.5) is 5.69 Å². The lowest BCUT2D eigenvalue weighted by Crippen LogP contribution is -1.94. The van der Waals surface area contributed by atoms with Gasteiger partial charge in [0.05, 0.1) is 10.5 Å². The number of carbonyl (C=O) groups excluding carboxylic acids is 2. The molecule has 0 atom stereocenters. The number of aldehydes is 1. The van der Waals surface area contributed by atoms with E-state index in [4.69, 9.17) is 0 Å². The highest BCUT2D eigenvalue weighted by Gasteiger charge is 2.12. The van der Waals surface area contributed by atoms with Crippen molar-refractivity contribution in [3.63, 3.8) is 0 Å². The Labute approximate surface area is 108 Å². The highest BCUT2D eigenvalue weighted by Crippen LogP contribution is 2.19. The first-order valence-electron chi connectivity index (χ1n) is 5.08. The molecule has 1 aromatic rings. The first kappa shape index (κ1) is 14.1. The van der Waals surface area contributed by atoms with Gasteiger partial charge in [-0.15, -0.1) is 0 Å². The summed E-state index contributed by atoms with van der Waals surface area (Å²) in [5.41, 5.74) is 0.522. The normalized spacial score (nSPS) is 10.5. The molecular formula is C12H11NO4S. The molecule has 0 bridgehead atoms. The molecule has 1 rings (SSSR count). The van der Waals surface area contributed by atoms with E-state index < -0.39 is 4.92 Å². The third-order valence-electron chi connectivity index (χ3n) is 2.07. The Balaban J connectivity index is 2.82. The molecule has 0 N–H and O–H groups in total. The number of nitrogens with zero attached hydrogens (tertiary/aromatic N) is 1. The van der Waals surface area contributed by atoms with Crippen LogP contribution in [0.25, 0.3) is 6.08 Å². The molecule has 0 saturated heterocycles. The van der Waals surface area contributed by atoms with Crippen molar-refractivity contribution in [3.05, 3.63) is 45.5 Å². The van der Waals surface area contributed by atoms with Gasteiger partial charge in [-0.25, -0.2) is 0 Å². The zero-order valence-corrected chi connectivity index (χ0v) is 10.5. The smallest absolute Gasteiger partial charge is 0.279 e. The fourth-order valence-corrected chi connectivity index (χ4v) is 1.71. The molecule has 0 unspecified atom stereocenters. The molecule has 5 nitrogen and oxygen atoms in total.